The van der Waals surface area contributed by atoms with Crippen LogP contribution in [0, 0.1) is 0 Å². The molecular formula is C21H26ClN3O3S. The second-order valence-corrected chi connectivity index (χ2v) is 9.77. The Morgan fingerprint density at radius 3 is 2.59 bits per heavy atom. The SMILES string of the molecule is CC1CCCCN1S(=O)(=O)c1cccc(C(=O)Nc2cccc(Cl)c2N(C)C)c1. The van der Waals surface area contributed by atoms with Crippen LogP contribution in [0.1, 0.15) is 36.5 Å². The molecule has 1 unspecified atom stereocenters. The van der Waals surface area contributed by atoms with Gasteiger partial charge in [-0.3, -0.25) is 4.79 Å². The zero-order valence-electron chi connectivity index (χ0n) is 16.9. The van der Waals surface area contributed by atoms with Gasteiger partial charge in [-0.05, 0) is 50.1 Å². The van der Waals surface area contributed by atoms with E-state index in [2.05, 4.69) is 5.32 Å². The highest BCUT2D eigenvalue weighted by molar-refractivity contribution is 7.89. The monoisotopic (exact) mass is 435 g/mol. The molecule has 1 fully saturated rings. The summed E-state index contributed by atoms with van der Waals surface area (Å²) in [7, 11) is 0.0299. The number of rotatable bonds is 5. The van der Waals surface area contributed by atoms with E-state index in [0.29, 0.717) is 22.9 Å². The number of carbonyl (C=O) groups is 1. The Morgan fingerprint density at radius 2 is 1.90 bits per heavy atom. The summed E-state index contributed by atoms with van der Waals surface area (Å²) in [5, 5.41) is 3.36. The molecule has 0 aromatic heterocycles. The van der Waals surface area contributed by atoms with Crippen LogP contribution in [0.3, 0.4) is 0 Å². The second kappa shape index (κ2) is 8.73. The Bertz CT molecular complexity index is 1010. The van der Waals surface area contributed by atoms with Gasteiger partial charge in [0.2, 0.25) is 10.0 Å². The van der Waals surface area contributed by atoms with Gasteiger partial charge in [0.1, 0.15) is 0 Å². The highest BCUT2D eigenvalue weighted by atomic mass is 35.5. The third-order valence-electron chi connectivity index (χ3n) is 5.13. The van der Waals surface area contributed by atoms with E-state index in [-0.39, 0.29) is 22.4 Å². The number of amides is 1. The number of anilines is 2. The average Bonchev–Trinajstić information content (AvgIpc) is 2.68. The Hall–Kier alpha value is -2.09. The first-order valence-electron chi connectivity index (χ1n) is 9.61. The molecule has 0 saturated carbocycles. The minimum Gasteiger partial charge on any atom is -0.375 e. The maximum Gasteiger partial charge on any atom is 0.255 e. The zero-order chi connectivity index (χ0) is 21.2. The first-order chi connectivity index (χ1) is 13.7. The quantitative estimate of drug-likeness (QED) is 0.763. The summed E-state index contributed by atoms with van der Waals surface area (Å²) < 4.78 is 27.7. The molecule has 3 rings (SSSR count). The summed E-state index contributed by atoms with van der Waals surface area (Å²) in [6, 6.07) is 11.4. The topological polar surface area (TPSA) is 69.7 Å². The van der Waals surface area contributed by atoms with Crippen molar-refractivity contribution in [2.24, 2.45) is 0 Å². The summed E-state index contributed by atoms with van der Waals surface area (Å²) in [5.74, 6) is -0.390. The minimum atomic E-state index is -3.64. The lowest BCUT2D eigenvalue weighted by Crippen LogP contribution is -2.41. The molecule has 1 aliphatic rings. The molecule has 0 radical (unpaired) electrons. The van der Waals surface area contributed by atoms with Crippen LogP contribution in [0.15, 0.2) is 47.4 Å². The van der Waals surface area contributed by atoms with Crippen molar-refractivity contribution in [1.29, 1.82) is 0 Å². The van der Waals surface area contributed by atoms with Gasteiger partial charge >= 0.3 is 0 Å². The Kier molecular flexibility index (Phi) is 6.51. The van der Waals surface area contributed by atoms with E-state index >= 15 is 0 Å². The van der Waals surface area contributed by atoms with Gasteiger partial charge in [0.15, 0.2) is 0 Å². The van der Waals surface area contributed by atoms with Gasteiger partial charge in [0, 0.05) is 32.2 Å². The fraction of sp³-hybridized carbons (Fsp3) is 0.381. The molecule has 6 nitrogen and oxygen atoms in total. The molecule has 1 heterocycles. The van der Waals surface area contributed by atoms with E-state index in [1.54, 1.807) is 30.3 Å². The van der Waals surface area contributed by atoms with Gasteiger partial charge in [0.05, 0.1) is 21.3 Å². The molecule has 0 aliphatic carbocycles. The largest absolute Gasteiger partial charge is 0.375 e. The number of piperidine rings is 1. The smallest absolute Gasteiger partial charge is 0.255 e. The minimum absolute atomic E-state index is 0.0413. The van der Waals surface area contributed by atoms with Gasteiger partial charge in [-0.25, -0.2) is 8.42 Å². The Labute approximate surface area is 177 Å². The van der Waals surface area contributed by atoms with Crippen molar-refractivity contribution in [3.63, 3.8) is 0 Å². The number of halogens is 1. The molecule has 156 valence electrons. The molecule has 2 aromatic carbocycles. The molecule has 2 aromatic rings. The Balaban J connectivity index is 1.88. The molecule has 0 spiro atoms. The van der Waals surface area contributed by atoms with Crippen LogP contribution in [0.5, 0.6) is 0 Å². The number of hydrogen-bond donors (Lipinski definition) is 1. The number of nitrogens with one attached hydrogen (secondary N) is 1. The maximum absolute atomic E-state index is 13.1. The number of hydrogen-bond acceptors (Lipinski definition) is 4. The van der Waals surface area contributed by atoms with Crippen LogP contribution >= 0.6 is 11.6 Å². The van der Waals surface area contributed by atoms with Crippen LogP contribution in [0.2, 0.25) is 5.02 Å². The fourth-order valence-electron chi connectivity index (χ4n) is 3.63. The molecule has 1 aliphatic heterocycles. The molecule has 1 amide bonds. The van der Waals surface area contributed by atoms with Crippen LogP contribution in [-0.4, -0.2) is 45.3 Å². The van der Waals surface area contributed by atoms with Gasteiger partial charge in [-0.2, -0.15) is 4.31 Å². The standard InChI is InChI=1S/C21H26ClN3O3S/c1-15-8-4-5-13-25(15)29(27,28)17-10-6-9-16(14-17)21(26)23-19-12-7-11-18(22)20(19)24(2)3/h6-7,9-12,14-15H,4-5,8,13H2,1-3H3,(H,23,26). The van der Waals surface area contributed by atoms with Gasteiger partial charge in [0.25, 0.3) is 5.91 Å². The molecule has 29 heavy (non-hydrogen) atoms. The van der Waals surface area contributed by atoms with Crippen LogP contribution in [-0.2, 0) is 10.0 Å². The normalized spacial score (nSPS) is 17.7. The van der Waals surface area contributed by atoms with Crippen molar-refractivity contribution in [1.82, 2.24) is 4.31 Å². The summed E-state index contributed by atoms with van der Waals surface area (Å²) in [4.78, 5) is 14.8. The third kappa shape index (κ3) is 4.57. The van der Waals surface area contributed by atoms with E-state index in [1.807, 2.05) is 25.9 Å². The van der Waals surface area contributed by atoms with Crippen molar-refractivity contribution in [3.05, 3.63) is 53.1 Å². The van der Waals surface area contributed by atoms with Crippen molar-refractivity contribution in [2.45, 2.75) is 37.1 Å². The fourth-order valence-corrected chi connectivity index (χ4v) is 5.72. The van der Waals surface area contributed by atoms with Crippen molar-refractivity contribution in [3.8, 4) is 0 Å². The van der Waals surface area contributed by atoms with E-state index in [1.165, 1.54) is 16.4 Å². The lowest BCUT2D eigenvalue weighted by Gasteiger charge is -2.32. The number of para-hydroxylation sites is 1. The molecular weight excluding hydrogens is 410 g/mol. The average molecular weight is 436 g/mol. The lowest BCUT2D eigenvalue weighted by molar-refractivity contribution is 0.102. The summed E-state index contributed by atoms with van der Waals surface area (Å²) in [5.41, 5.74) is 1.53. The number of benzene rings is 2. The lowest BCUT2D eigenvalue weighted by atomic mass is 10.1. The van der Waals surface area contributed by atoms with Crippen LogP contribution in [0.4, 0.5) is 11.4 Å². The third-order valence-corrected chi connectivity index (χ3v) is 7.44. The number of nitrogens with zero attached hydrogens (tertiary/aromatic N) is 2. The van der Waals surface area contributed by atoms with Crippen molar-refractivity contribution in [2.75, 3.05) is 30.9 Å². The van der Waals surface area contributed by atoms with E-state index < -0.39 is 10.0 Å². The second-order valence-electron chi connectivity index (χ2n) is 7.47. The van der Waals surface area contributed by atoms with Gasteiger partial charge in [-0.15, -0.1) is 0 Å². The highest BCUT2D eigenvalue weighted by Gasteiger charge is 2.31. The van der Waals surface area contributed by atoms with E-state index in [4.69, 9.17) is 11.6 Å². The number of sulfonamides is 1. The predicted molar refractivity (Wildman–Crippen MR) is 117 cm³/mol. The van der Waals surface area contributed by atoms with Gasteiger partial charge < -0.3 is 10.2 Å². The summed E-state index contributed by atoms with van der Waals surface area (Å²) >= 11 is 6.26. The molecule has 1 saturated heterocycles. The highest BCUT2D eigenvalue weighted by Crippen LogP contribution is 2.33. The molecule has 0 bridgehead atoms. The first-order valence-corrected chi connectivity index (χ1v) is 11.4. The molecule has 1 atom stereocenters. The van der Waals surface area contributed by atoms with Crippen molar-refractivity contribution < 1.29 is 13.2 Å². The molecule has 1 N–H and O–H groups in total. The van der Waals surface area contributed by atoms with Gasteiger partial charge in [-0.1, -0.05) is 30.2 Å². The first kappa shape index (κ1) is 21.6. The summed E-state index contributed by atoms with van der Waals surface area (Å²) in [6.45, 7) is 2.43. The Morgan fingerprint density at radius 1 is 1.17 bits per heavy atom. The number of carbonyl (C=O) groups excluding carboxylic acids is 1. The van der Waals surface area contributed by atoms with Crippen LogP contribution < -0.4 is 10.2 Å². The van der Waals surface area contributed by atoms with E-state index in [9.17, 15) is 13.2 Å². The summed E-state index contributed by atoms with van der Waals surface area (Å²) in [6.07, 6.45) is 2.73. The van der Waals surface area contributed by atoms with E-state index in [0.717, 1.165) is 19.3 Å². The zero-order valence-corrected chi connectivity index (χ0v) is 18.4. The molecule has 8 heteroatoms. The van der Waals surface area contributed by atoms with Crippen LogP contribution in [0.25, 0.3) is 0 Å². The predicted octanol–water partition coefficient (Wildman–Crippen LogP) is 4.22. The maximum atomic E-state index is 13.1. The van der Waals surface area contributed by atoms with Crippen molar-refractivity contribution >= 4 is 38.9 Å².